The summed E-state index contributed by atoms with van der Waals surface area (Å²) in [6, 6.07) is 5.71. The van der Waals surface area contributed by atoms with Gasteiger partial charge in [-0.1, -0.05) is 6.07 Å². The normalized spacial score (nSPS) is 18.5. The van der Waals surface area contributed by atoms with Crippen molar-refractivity contribution in [2.24, 2.45) is 0 Å². The molecule has 1 aliphatic heterocycles. The molecule has 0 bridgehead atoms. The molecule has 0 aromatic heterocycles. The van der Waals surface area contributed by atoms with Gasteiger partial charge in [-0.25, -0.2) is 4.79 Å². The van der Waals surface area contributed by atoms with Crippen molar-refractivity contribution in [2.45, 2.75) is 45.4 Å². The molecule has 1 saturated heterocycles. The van der Waals surface area contributed by atoms with Gasteiger partial charge in [0.05, 0.1) is 4.47 Å². The molecule has 0 radical (unpaired) electrons. The maximum Gasteiger partial charge on any atom is 0.410 e. The standard InChI is InChI=1S/C16H23BrN2O3/c1-16(2,3)22-15(21)19-7-6-12(10-19)18-9-11-4-5-14(20)13(17)8-11/h4-5,8,12,18,20H,6-7,9-10H2,1-3H3. The number of aromatic hydroxyl groups is 1. The van der Waals surface area contributed by atoms with Gasteiger partial charge in [0.15, 0.2) is 0 Å². The van der Waals surface area contributed by atoms with Crippen molar-refractivity contribution in [3.8, 4) is 5.75 Å². The van der Waals surface area contributed by atoms with Gasteiger partial charge < -0.3 is 20.1 Å². The molecular formula is C16H23BrN2O3. The lowest BCUT2D eigenvalue weighted by molar-refractivity contribution is 0.0291. The molecule has 1 atom stereocenters. The number of phenolic OH excluding ortho intramolecular Hbond substituents is 1. The van der Waals surface area contributed by atoms with Gasteiger partial charge in [-0.2, -0.15) is 0 Å². The Labute approximate surface area is 139 Å². The second-order valence-electron chi connectivity index (χ2n) is 6.58. The molecule has 2 rings (SSSR count). The van der Waals surface area contributed by atoms with E-state index in [4.69, 9.17) is 4.74 Å². The minimum Gasteiger partial charge on any atom is -0.507 e. The molecule has 0 spiro atoms. The number of benzene rings is 1. The third-order valence-electron chi connectivity index (χ3n) is 3.45. The predicted molar refractivity (Wildman–Crippen MR) is 88.9 cm³/mol. The van der Waals surface area contributed by atoms with Gasteiger partial charge in [0.2, 0.25) is 0 Å². The largest absolute Gasteiger partial charge is 0.507 e. The molecule has 1 heterocycles. The molecule has 1 aromatic rings. The van der Waals surface area contributed by atoms with Crippen molar-refractivity contribution in [1.82, 2.24) is 10.2 Å². The minimum atomic E-state index is -0.457. The second kappa shape index (κ2) is 6.87. The Balaban J connectivity index is 1.81. The van der Waals surface area contributed by atoms with Gasteiger partial charge in [0.25, 0.3) is 0 Å². The zero-order valence-corrected chi connectivity index (χ0v) is 14.8. The number of hydrogen-bond acceptors (Lipinski definition) is 4. The molecular weight excluding hydrogens is 348 g/mol. The van der Waals surface area contributed by atoms with Crippen molar-refractivity contribution in [1.29, 1.82) is 0 Å². The first-order valence-electron chi connectivity index (χ1n) is 7.43. The number of ether oxygens (including phenoxy) is 1. The van der Waals surface area contributed by atoms with E-state index in [1.807, 2.05) is 32.9 Å². The van der Waals surface area contributed by atoms with Crippen LogP contribution in [0.25, 0.3) is 0 Å². The van der Waals surface area contributed by atoms with Crippen LogP contribution in [0, 0.1) is 0 Å². The highest BCUT2D eigenvalue weighted by molar-refractivity contribution is 9.10. The van der Waals surface area contributed by atoms with Crippen molar-refractivity contribution in [2.75, 3.05) is 13.1 Å². The second-order valence-corrected chi connectivity index (χ2v) is 7.43. The molecule has 1 fully saturated rings. The van der Waals surface area contributed by atoms with Crippen LogP contribution in [0.1, 0.15) is 32.8 Å². The molecule has 1 unspecified atom stereocenters. The van der Waals surface area contributed by atoms with E-state index in [9.17, 15) is 9.90 Å². The van der Waals surface area contributed by atoms with Crippen LogP contribution in [0.5, 0.6) is 5.75 Å². The molecule has 1 aromatic carbocycles. The van der Waals surface area contributed by atoms with Gasteiger partial charge >= 0.3 is 6.09 Å². The number of hydrogen-bond donors (Lipinski definition) is 2. The average Bonchev–Trinajstić information content (AvgIpc) is 2.87. The van der Waals surface area contributed by atoms with E-state index in [-0.39, 0.29) is 17.9 Å². The van der Waals surface area contributed by atoms with E-state index in [1.165, 1.54) is 0 Å². The predicted octanol–water partition coefficient (Wildman–Crippen LogP) is 3.25. The van der Waals surface area contributed by atoms with Gasteiger partial charge in [-0.3, -0.25) is 0 Å². The van der Waals surface area contributed by atoms with Crippen LogP contribution in [-0.2, 0) is 11.3 Å². The highest BCUT2D eigenvalue weighted by atomic mass is 79.9. The summed E-state index contributed by atoms with van der Waals surface area (Å²) in [6.07, 6.45) is 0.669. The van der Waals surface area contributed by atoms with Crippen LogP contribution in [0.4, 0.5) is 4.79 Å². The van der Waals surface area contributed by atoms with E-state index >= 15 is 0 Å². The molecule has 0 saturated carbocycles. The first-order chi connectivity index (χ1) is 10.2. The summed E-state index contributed by atoms with van der Waals surface area (Å²) in [7, 11) is 0. The Hall–Kier alpha value is -1.27. The summed E-state index contributed by atoms with van der Waals surface area (Å²) in [5.41, 5.74) is 0.626. The number of phenols is 1. The van der Waals surface area contributed by atoms with Gasteiger partial charge in [-0.05, 0) is 60.8 Å². The highest BCUT2D eigenvalue weighted by Crippen LogP contribution is 2.24. The van der Waals surface area contributed by atoms with Gasteiger partial charge in [0, 0.05) is 25.7 Å². The van der Waals surface area contributed by atoms with E-state index < -0.39 is 5.60 Å². The molecule has 0 aliphatic carbocycles. The van der Waals surface area contributed by atoms with E-state index in [2.05, 4.69) is 21.2 Å². The minimum absolute atomic E-state index is 0.237. The lowest BCUT2D eigenvalue weighted by Crippen LogP contribution is -2.38. The fraction of sp³-hybridized carbons (Fsp3) is 0.562. The fourth-order valence-corrected chi connectivity index (χ4v) is 2.77. The average molecular weight is 371 g/mol. The third kappa shape index (κ3) is 4.88. The van der Waals surface area contributed by atoms with E-state index in [1.54, 1.807) is 11.0 Å². The van der Waals surface area contributed by atoms with Crippen molar-refractivity contribution < 1.29 is 14.6 Å². The van der Waals surface area contributed by atoms with Crippen LogP contribution in [-0.4, -0.2) is 40.8 Å². The molecule has 22 heavy (non-hydrogen) atoms. The van der Waals surface area contributed by atoms with Crippen molar-refractivity contribution in [3.63, 3.8) is 0 Å². The number of halogens is 1. The first kappa shape index (κ1) is 17.1. The molecule has 1 aliphatic rings. The zero-order valence-electron chi connectivity index (χ0n) is 13.2. The maximum absolute atomic E-state index is 12.0. The fourth-order valence-electron chi connectivity index (χ4n) is 2.34. The number of likely N-dealkylation sites (tertiary alicyclic amines) is 1. The molecule has 122 valence electrons. The van der Waals surface area contributed by atoms with Crippen LogP contribution in [0.15, 0.2) is 22.7 Å². The molecule has 2 N–H and O–H groups in total. The van der Waals surface area contributed by atoms with Crippen LogP contribution in [0.2, 0.25) is 0 Å². The summed E-state index contributed by atoms with van der Waals surface area (Å²) in [4.78, 5) is 13.8. The lowest BCUT2D eigenvalue weighted by atomic mass is 10.2. The molecule has 5 nitrogen and oxygen atoms in total. The summed E-state index contributed by atoms with van der Waals surface area (Å²) in [6.45, 7) is 7.70. The Morgan fingerprint density at radius 2 is 2.23 bits per heavy atom. The van der Waals surface area contributed by atoms with Crippen molar-refractivity contribution in [3.05, 3.63) is 28.2 Å². The Bertz CT molecular complexity index is 543. The topological polar surface area (TPSA) is 61.8 Å². The monoisotopic (exact) mass is 370 g/mol. The van der Waals surface area contributed by atoms with E-state index in [0.29, 0.717) is 24.1 Å². The SMILES string of the molecule is CC(C)(C)OC(=O)N1CCC(NCc2ccc(O)c(Br)c2)C1. The number of rotatable bonds is 3. The Morgan fingerprint density at radius 1 is 1.50 bits per heavy atom. The third-order valence-corrected chi connectivity index (χ3v) is 4.08. The number of carbonyl (C=O) groups excluding carboxylic acids is 1. The Morgan fingerprint density at radius 3 is 2.86 bits per heavy atom. The van der Waals surface area contributed by atoms with Crippen LogP contribution < -0.4 is 5.32 Å². The smallest absolute Gasteiger partial charge is 0.410 e. The first-order valence-corrected chi connectivity index (χ1v) is 8.22. The van der Waals surface area contributed by atoms with E-state index in [0.717, 1.165) is 12.0 Å². The number of nitrogens with zero attached hydrogens (tertiary/aromatic N) is 1. The number of nitrogens with one attached hydrogen (secondary N) is 1. The lowest BCUT2D eigenvalue weighted by Gasteiger charge is -2.24. The number of carbonyl (C=O) groups is 1. The van der Waals surface area contributed by atoms with Crippen molar-refractivity contribution >= 4 is 22.0 Å². The number of amides is 1. The summed E-state index contributed by atoms with van der Waals surface area (Å²) >= 11 is 3.31. The molecule has 1 amide bonds. The maximum atomic E-state index is 12.0. The quantitative estimate of drug-likeness (QED) is 0.856. The molecule has 6 heteroatoms. The van der Waals surface area contributed by atoms with Crippen LogP contribution >= 0.6 is 15.9 Å². The summed E-state index contributed by atoms with van der Waals surface area (Å²) in [5.74, 6) is 0.237. The van der Waals surface area contributed by atoms with Gasteiger partial charge in [0.1, 0.15) is 11.4 Å². The Kier molecular flexibility index (Phi) is 5.34. The van der Waals surface area contributed by atoms with Gasteiger partial charge in [-0.15, -0.1) is 0 Å². The zero-order chi connectivity index (χ0) is 16.3. The summed E-state index contributed by atoms with van der Waals surface area (Å²) < 4.78 is 6.08. The highest BCUT2D eigenvalue weighted by Gasteiger charge is 2.29. The van der Waals surface area contributed by atoms with Crippen LogP contribution in [0.3, 0.4) is 0 Å². The summed E-state index contributed by atoms with van der Waals surface area (Å²) in [5, 5.41) is 12.9.